The standard InChI is InChI=1S/C12H17FN2.ClH/c13-12-6-2-1-4-10(12)8-15-7-3-5-11(14)9-15;/h1-2,4,6,11H,3,5,7-9,14H2;1H. The number of hydrogen-bond donors (Lipinski definition) is 1. The van der Waals surface area contributed by atoms with Gasteiger partial charge in [0.15, 0.2) is 0 Å². The van der Waals surface area contributed by atoms with E-state index in [1.807, 2.05) is 12.1 Å². The normalized spacial score (nSPS) is 21.5. The Labute approximate surface area is 102 Å². The van der Waals surface area contributed by atoms with Crippen molar-refractivity contribution in [2.75, 3.05) is 13.1 Å². The van der Waals surface area contributed by atoms with Crippen LogP contribution in [0.15, 0.2) is 24.3 Å². The lowest BCUT2D eigenvalue weighted by Gasteiger charge is -2.30. The maximum Gasteiger partial charge on any atom is 0.127 e. The predicted octanol–water partition coefficient (Wildman–Crippen LogP) is 2.17. The van der Waals surface area contributed by atoms with Gasteiger partial charge >= 0.3 is 0 Å². The maximum absolute atomic E-state index is 13.4. The molecule has 1 aromatic rings. The third-order valence-electron chi connectivity index (χ3n) is 2.89. The summed E-state index contributed by atoms with van der Waals surface area (Å²) in [6, 6.07) is 7.21. The third kappa shape index (κ3) is 3.44. The molecule has 1 atom stereocenters. The Morgan fingerprint density at radius 2 is 2.12 bits per heavy atom. The summed E-state index contributed by atoms with van der Waals surface area (Å²) in [7, 11) is 0. The molecular formula is C12H18ClFN2. The van der Waals surface area contributed by atoms with Crippen molar-refractivity contribution < 1.29 is 4.39 Å². The number of rotatable bonds is 2. The lowest BCUT2D eigenvalue weighted by Crippen LogP contribution is -2.42. The highest BCUT2D eigenvalue weighted by atomic mass is 35.5. The van der Waals surface area contributed by atoms with Gasteiger partial charge in [0, 0.05) is 24.7 Å². The van der Waals surface area contributed by atoms with Gasteiger partial charge in [-0.3, -0.25) is 4.90 Å². The van der Waals surface area contributed by atoms with Crippen molar-refractivity contribution in [3.05, 3.63) is 35.6 Å². The zero-order valence-corrected chi connectivity index (χ0v) is 10.0. The van der Waals surface area contributed by atoms with Crippen molar-refractivity contribution in [2.24, 2.45) is 5.73 Å². The Kier molecular flexibility index (Phi) is 5.19. The van der Waals surface area contributed by atoms with Crippen LogP contribution in [0.3, 0.4) is 0 Å². The van der Waals surface area contributed by atoms with E-state index in [-0.39, 0.29) is 24.3 Å². The molecule has 2 N–H and O–H groups in total. The largest absolute Gasteiger partial charge is 0.327 e. The van der Waals surface area contributed by atoms with Gasteiger partial charge in [-0.15, -0.1) is 12.4 Å². The van der Waals surface area contributed by atoms with Crippen LogP contribution in [0.5, 0.6) is 0 Å². The molecule has 0 radical (unpaired) electrons. The summed E-state index contributed by atoms with van der Waals surface area (Å²) in [5.41, 5.74) is 6.65. The molecule has 1 aliphatic rings. The van der Waals surface area contributed by atoms with Crippen LogP contribution in [0.25, 0.3) is 0 Å². The summed E-state index contributed by atoms with van der Waals surface area (Å²) in [4.78, 5) is 2.23. The predicted molar refractivity (Wildman–Crippen MR) is 66.1 cm³/mol. The Hall–Kier alpha value is -0.640. The second kappa shape index (κ2) is 6.18. The highest BCUT2D eigenvalue weighted by molar-refractivity contribution is 5.85. The van der Waals surface area contributed by atoms with Gasteiger partial charge < -0.3 is 5.73 Å². The van der Waals surface area contributed by atoms with E-state index in [9.17, 15) is 4.39 Å². The zero-order valence-electron chi connectivity index (χ0n) is 9.23. The van der Waals surface area contributed by atoms with Crippen LogP contribution in [0.4, 0.5) is 4.39 Å². The molecule has 1 saturated heterocycles. The highest BCUT2D eigenvalue weighted by Gasteiger charge is 2.17. The molecule has 1 unspecified atom stereocenters. The minimum Gasteiger partial charge on any atom is -0.327 e. The Balaban J connectivity index is 0.00000128. The molecule has 1 heterocycles. The zero-order chi connectivity index (χ0) is 10.7. The molecule has 0 amide bonds. The van der Waals surface area contributed by atoms with Crippen LogP contribution in [0, 0.1) is 5.82 Å². The molecule has 16 heavy (non-hydrogen) atoms. The van der Waals surface area contributed by atoms with Crippen LogP contribution in [-0.4, -0.2) is 24.0 Å². The molecule has 0 aliphatic carbocycles. The van der Waals surface area contributed by atoms with Gasteiger partial charge in [0.2, 0.25) is 0 Å². The van der Waals surface area contributed by atoms with Crippen molar-refractivity contribution in [3.63, 3.8) is 0 Å². The molecular weight excluding hydrogens is 227 g/mol. The van der Waals surface area contributed by atoms with Gasteiger partial charge in [-0.25, -0.2) is 4.39 Å². The summed E-state index contributed by atoms with van der Waals surface area (Å²) in [6.45, 7) is 2.59. The molecule has 0 aromatic heterocycles. The van der Waals surface area contributed by atoms with Crippen molar-refractivity contribution in [2.45, 2.75) is 25.4 Å². The van der Waals surface area contributed by atoms with Gasteiger partial charge in [0.25, 0.3) is 0 Å². The number of halogens is 2. The molecule has 0 bridgehead atoms. The summed E-state index contributed by atoms with van der Waals surface area (Å²) < 4.78 is 13.4. The molecule has 90 valence electrons. The molecule has 0 spiro atoms. The summed E-state index contributed by atoms with van der Waals surface area (Å²) in [6.07, 6.45) is 2.21. The lowest BCUT2D eigenvalue weighted by atomic mass is 10.1. The first-order valence-corrected chi connectivity index (χ1v) is 5.47. The van der Waals surface area contributed by atoms with Gasteiger partial charge in [0.05, 0.1) is 0 Å². The minimum absolute atomic E-state index is 0. The van der Waals surface area contributed by atoms with Crippen molar-refractivity contribution >= 4 is 12.4 Å². The Bertz CT molecular complexity index is 333. The van der Waals surface area contributed by atoms with E-state index in [2.05, 4.69) is 4.90 Å². The van der Waals surface area contributed by atoms with Gasteiger partial charge in [-0.05, 0) is 25.5 Å². The maximum atomic E-state index is 13.4. The topological polar surface area (TPSA) is 29.3 Å². The monoisotopic (exact) mass is 244 g/mol. The number of nitrogens with two attached hydrogens (primary N) is 1. The number of piperidine rings is 1. The molecule has 1 fully saturated rings. The smallest absolute Gasteiger partial charge is 0.127 e. The summed E-state index contributed by atoms with van der Waals surface area (Å²) in [5, 5.41) is 0. The molecule has 0 saturated carbocycles. The van der Waals surface area contributed by atoms with E-state index in [0.29, 0.717) is 6.54 Å². The van der Waals surface area contributed by atoms with Crippen LogP contribution >= 0.6 is 12.4 Å². The minimum atomic E-state index is -0.114. The van der Waals surface area contributed by atoms with E-state index < -0.39 is 0 Å². The summed E-state index contributed by atoms with van der Waals surface area (Å²) >= 11 is 0. The van der Waals surface area contributed by atoms with E-state index in [4.69, 9.17) is 5.73 Å². The average Bonchev–Trinajstić information content (AvgIpc) is 2.22. The third-order valence-corrected chi connectivity index (χ3v) is 2.89. The van der Waals surface area contributed by atoms with Crippen molar-refractivity contribution in [1.82, 2.24) is 4.90 Å². The molecule has 4 heteroatoms. The van der Waals surface area contributed by atoms with Gasteiger partial charge in [-0.2, -0.15) is 0 Å². The van der Waals surface area contributed by atoms with Crippen LogP contribution in [-0.2, 0) is 6.54 Å². The summed E-state index contributed by atoms with van der Waals surface area (Å²) in [5.74, 6) is -0.114. The van der Waals surface area contributed by atoms with Crippen molar-refractivity contribution in [3.8, 4) is 0 Å². The fraction of sp³-hybridized carbons (Fsp3) is 0.500. The van der Waals surface area contributed by atoms with Crippen LogP contribution in [0.1, 0.15) is 18.4 Å². The fourth-order valence-corrected chi connectivity index (χ4v) is 2.10. The van der Waals surface area contributed by atoms with E-state index in [0.717, 1.165) is 31.5 Å². The number of benzene rings is 1. The quantitative estimate of drug-likeness (QED) is 0.864. The van der Waals surface area contributed by atoms with Crippen LogP contribution < -0.4 is 5.73 Å². The second-order valence-corrected chi connectivity index (χ2v) is 4.23. The average molecular weight is 245 g/mol. The SMILES string of the molecule is Cl.NC1CCCN(Cc2ccccc2F)C1. The van der Waals surface area contributed by atoms with E-state index in [1.165, 1.54) is 6.07 Å². The first-order chi connectivity index (χ1) is 7.25. The molecule has 1 aliphatic heterocycles. The molecule has 1 aromatic carbocycles. The van der Waals surface area contributed by atoms with E-state index in [1.54, 1.807) is 6.07 Å². The second-order valence-electron chi connectivity index (χ2n) is 4.23. The highest BCUT2D eigenvalue weighted by Crippen LogP contribution is 2.14. The number of likely N-dealkylation sites (tertiary alicyclic amines) is 1. The lowest BCUT2D eigenvalue weighted by molar-refractivity contribution is 0.199. The number of nitrogens with zero attached hydrogens (tertiary/aromatic N) is 1. The van der Waals surface area contributed by atoms with Gasteiger partial charge in [0.1, 0.15) is 5.82 Å². The van der Waals surface area contributed by atoms with Crippen LogP contribution in [0.2, 0.25) is 0 Å². The van der Waals surface area contributed by atoms with E-state index >= 15 is 0 Å². The Morgan fingerprint density at radius 3 is 2.81 bits per heavy atom. The first-order valence-electron chi connectivity index (χ1n) is 5.47. The molecule has 2 rings (SSSR count). The first kappa shape index (κ1) is 13.4. The van der Waals surface area contributed by atoms with Crippen molar-refractivity contribution in [1.29, 1.82) is 0 Å². The fourth-order valence-electron chi connectivity index (χ4n) is 2.10. The Morgan fingerprint density at radius 1 is 1.38 bits per heavy atom. The molecule has 2 nitrogen and oxygen atoms in total. The number of hydrogen-bond acceptors (Lipinski definition) is 2. The van der Waals surface area contributed by atoms with Gasteiger partial charge in [-0.1, -0.05) is 18.2 Å².